The molecular weight excluding hydrogens is 222 g/mol. The van der Waals surface area contributed by atoms with Gasteiger partial charge in [-0.05, 0) is 47.4 Å². The number of methoxy groups -OCH3 is 1. The van der Waals surface area contributed by atoms with Crippen molar-refractivity contribution in [2.75, 3.05) is 13.7 Å². The van der Waals surface area contributed by atoms with Gasteiger partial charge in [0.05, 0.1) is 7.11 Å². The molecule has 1 N–H and O–H groups in total. The van der Waals surface area contributed by atoms with Gasteiger partial charge in [0, 0.05) is 6.04 Å². The number of benzene rings is 1. The fourth-order valence-corrected chi connectivity index (χ4v) is 4.02. The molecule has 2 nitrogen and oxygen atoms in total. The normalized spacial score (nSPS) is 32.8. The lowest BCUT2D eigenvalue weighted by molar-refractivity contribution is 0.129. The third-order valence-electron chi connectivity index (χ3n) is 5.67. The summed E-state index contributed by atoms with van der Waals surface area (Å²) < 4.78 is 5.56. The molecule has 0 bridgehead atoms. The van der Waals surface area contributed by atoms with Crippen LogP contribution >= 0.6 is 0 Å². The molecule has 1 aliphatic heterocycles. The van der Waals surface area contributed by atoms with Crippen LogP contribution in [0.25, 0.3) is 0 Å². The second-order valence-corrected chi connectivity index (χ2v) is 6.49. The maximum Gasteiger partial charge on any atom is 0.122 e. The van der Waals surface area contributed by atoms with Crippen molar-refractivity contribution in [1.82, 2.24) is 5.32 Å². The number of hydrogen-bond acceptors (Lipinski definition) is 2. The zero-order valence-corrected chi connectivity index (χ0v) is 11.8. The maximum atomic E-state index is 5.56. The van der Waals surface area contributed by atoms with Crippen molar-refractivity contribution in [3.05, 3.63) is 29.3 Å². The number of nitrogens with one attached hydrogen (secondary N) is 1. The van der Waals surface area contributed by atoms with Crippen molar-refractivity contribution in [2.45, 2.75) is 45.1 Å². The molecule has 0 spiro atoms. The van der Waals surface area contributed by atoms with E-state index >= 15 is 0 Å². The molecule has 0 aromatic heterocycles. The van der Waals surface area contributed by atoms with Crippen LogP contribution in [0.2, 0.25) is 0 Å². The standard InChI is InChI=1S/C16H23NO/c1-15(2)12-6-5-7-13(18-4)11(12)10-14-16(15,3)8-9-17-14/h5-7,14,17H,8-10H2,1-4H3. The van der Waals surface area contributed by atoms with Gasteiger partial charge in [-0.15, -0.1) is 0 Å². The molecule has 0 amide bonds. The summed E-state index contributed by atoms with van der Waals surface area (Å²) in [6.45, 7) is 8.37. The molecule has 1 saturated heterocycles. The SMILES string of the molecule is COc1cccc2c1CC1NCCC1(C)C2(C)C. The Hall–Kier alpha value is -1.02. The molecule has 1 fully saturated rings. The Kier molecular flexibility index (Phi) is 2.50. The molecule has 1 aromatic carbocycles. The molecule has 2 heteroatoms. The highest BCUT2D eigenvalue weighted by atomic mass is 16.5. The monoisotopic (exact) mass is 245 g/mol. The predicted octanol–water partition coefficient (Wildman–Crippen LogP) is 2.90. The van der Waals surface area contributed by atoms with Crippen LogP contribution in [0, 0.1) is 5.41 Å². The van der Waals surface area contributed by atoms with Crippen molar-refractivity contribution in [2.24, 2.45) is 5.41 Å². The molecule has 3 rings (SSSR count). The summed E-state index contributed by atoms with van der Waals surface area (Å²) in [5, 5.41) is 3.69. The highest BCUT2D eigenvalue weighted by molar-refractivity contribution is 5.48. The Labute approximate surface area is 110 Å². The van der Waals surface area contributed by atoms with E-state index in [4.69, 9.17) is 4.74 Å². The highest BCUT2D eigenvalue weighted by Crippen LogP contribution is 2.54. The zero-order chi connectivity index (χ0) is 13.0. The van der Waals surface area contributed by atoms with E-state index in [1.54, 1.807) is 7.11 Å². The first-order chi connectivity index (χ1) is 8.50. The van der Waals surface area contributed by atoms with Gasteiger partial charge in [0.25, 0.3) is 0 Å². The van der Waals surface area contributed by atoms with Crippen LogP contribution in [-0.2, 0) is 11.8 Å². The first kappa shape index (κ1) is 12.0. The van der Waals surface area contributed by atoms with Crippen LogP contribution in [0.1, 0.15) is 38.3 Å². The van der Waals surface area contributed by atoms with Gasteiger partial charge in [-0.25, -0.2) is 0 Å². The Morgan fingerprint density at radius 3 is 2.78 bits per heavy atom. The van der Waals surface area contributed by atoms with Crippen molar-refractivity contribution in [1.29, 1.82) is 0 Å². The minimum atomic E-state index is 0.198. The summed E-state index contributed by atoms with van der Waals surface area (Å²) in [6.07, 6.45) is 2.36. The van der Waals surface area contributed by atoms with E-state index in [0.29, 0.717) is 11.5 Å². The number of rotatable bonds is 1. The molecule has 0 radical (unpaired) electrons. The lowest BCUT2D eigenvalue weighted by Gasteiger charge is -2.50. The molecule has 0 saturated carbocycles. The largest absolute Gasteiger partial charge is 0.496 e. The van der Waals surface area contributed by atoms with E-state index in [-0.39, 0.29) is 5.41 Å². The van der Waals surface area contributed by atoms with Crippen LogP contribution in [0.3, 0.4) is 0 Å². The number of fused-ring (bicyclic) bond motifs is 2. The predicted molar refractivity (Wildman–Crippen MR) is 74.2 cm³/mol. The van der Waals surface area contributed by atoms with E-state index in [2.05, 4.69) is 44.3 Å². The molecular formula is C16H23NO. The van der Waals surface area contributed by atoms with E-state index in [1.807, 2.05) is 0 Å². The second-order valence-electron chi connectivity index (χ2n) is 6.49. The summed E-state index contributed by atoms with van der Waals surface area (Å²) in [6, 6.07) is 7.09. The van der Waals surface area contributed by atoms with Gasteiger partial charge < -0.3 is 10.1 Å². The summed E-state index contributed by atoms with van der Waals surface area (Å²) in [4.78, 5) is 0. The lowest BCUT2D eigenvalue weighted by Crippen LogP contribution is -2.52. The summed E-state index contributed by atoms with van der Waals surface area (Å²) in [5.74, 6) is 1.05. The van der Waals surface area contributed by atoms with Crippen LogP contribution in [0.5, 0.6) is 5.75 Å². The van der Waals surface area contributed by atoms with Crippen molar-refractivity contribution in [3.8, 4) is 5.75 Å². The van der Waals surface area contributed by atoms with Crippen LogP contribution in [-0.4, -0.2) is 19.7 Å². The number of ether oxygens (including phenoxy) is 1. The van der Waals surface area contributed by atoms with Gasteiger partial charge in [0.1, 0.15) is 5.75 Å². The summed E-state index contributed by atoms with van der Waals surface area (Å²) in [5.41, 5.74) is 3.43. The maximum absolute atomic E-state index is 5.56. The minimum Gasteiger partial charge on any atom is -0.496 e. The Bertz CT molecular complexity index is 480. The van der Waals surface area contributed by atoms with Crippen molar-refractivity contribution < 1.29 is 4.74 Å². The van der Waals surface area contributed by atoms with Gasteiger partial charge in [0.2, 0.25) is 0 Å². The lowest BCUT2D eigenvalue weighted by atomic mass is 9.54. The first-order valence-corrected chi connectivity index (χ1v) is 6.90. The average molecular weight is 245 g/mol. The summed E-state index contributed by atoms with van der Waals surface area (Å²) in [7, 11) is 1.78. The molecule has 2 atom stereocenters. The van der Waals surface area contributed by atoms with Gasteiger partial charge in [0.15, 0.2) is 0 Å². The quantitative estimate of drug-likeness (QED) is 0.821. The smallest absolute Gasteiger partial charge is 0.122 e. The van der Waals surface area contributed by atoms with Gasteiger partial charge in [-0.3, -0.25) is 0 Å². The molecule has 1 heterocycles. The minimum absolute atomic E-state index is 0.198. The molecule has 1 aliphatic carbocycles. The van der Waals surface area contributed by atoms with E-state index in [0.717, 1.165) is 18.7 Å². The van der Waals surface area contributed by atoms with Gasteiger partial charge in [-0.2, -0.15) is 0 Å². The highest BCUT2D eigenvalue weighted by Gasteiger charge is 2.54. The van der Waals surface area contributed by atoms with Crippen LogP contribution < -0.4 is 10.1 Å². The van der Waals surface area contributed by atoms with Gasteiger partial charge in [-0.1, -0.05) is 32.9 Å². The topological polar surface area (TPSA) is 21.3 Å². The molecule has 2 aliphatic rings. The number of hydrogen-bond donors (Lipinski definition) is 1. The van der Waals surface area contributed by atoms with E-state index in [1.165, 1.54) is 17.5 Å². The van der Waals surface area contributed by atoms with E-state index in [9.17, 15) is 0 Å². The average Bonchev–Trinajstić information content (AvgIpc) is 2.72. The fraction of sp³-hybridized carbons (Fsp3) is 0.625. The molecule has 2 unspecified atom stereocenters. The first-order valence-electron chi connectivity index (χ1n) is 6.90. The summed E-state index contributed by atoms with van der Waals surface area (Å²) >= 11 is 0. The zero-order valence-electron chi connectivity index (χ0n) is 11.8. The van der Waals surface area contributed by atoms with Crippen molar-refractivity contribution in [3.63, 3.8) is 0 Å². The fourth-order valence-electron chi connectivity index (χ4n) is 4.02. The van der Waals surface area contributed by atoms with Crippen molar-refractivity contribution >= 4 is 0 Å². The molecule has 98 valence electrons. The van der Waals surface area contributed by atoms with Crippen LogP contribution in [0.4, 0.5) is 0 Å². The second kappa shape index (κ2) is 3.74. The Balaban J connectivity index is 2.20. The third-order valence-corrected chi connectivity index (χ3v) is 5.67. The molecule has 1 aromatic rings. The molecule has 18 heavy (non-hydrogen) atoms. The third kappa shape index (κ3) is 1.33. The van der Waals surface area contributed by atoms with E-state index < -0.39 is 0 Å². The Morgan fingerprint density at radius 1 is 1.28 bits per heavy atom. The Morgan fingerprint density at radius 2 is 2.06 bits per heavy atom. The van der Waals surface area contributed by atoms with Gasteiger partial charge >= 0.3 is 0 Å². The van der Waals surface area contributed by atoms with Crippen LogP contribution in [0.15, 0.2) is 18.2 Å².